The fourth-order valence-electron chi connectivity index (χ4n) is 3.53. The van der Waals surface area contributed by atoms with Crippen molar-refractivity contribution in [3.05, 3.63) is 48.3 Å². The van der Waals surface area contributed by atoms with Crippen molar-refractivity contribution in [3.63, 3.8) is 0 Å². The lowest BCUT2D eigenvalue weighted by Crippen LogP contribution is -2.48. The molecular weight excluding hydrogens is 366 g/mol. The number of rotatable bonds is 6. The van der Waals surface area contributed by atoms with Gasteiger partial charge in [-0.05, 0) is 50.2 Å². The molecule has 29 heavy (non-hydrogen) atoms. The van der Waals surface area contributed by atoms with Crippen LogP contribution in [-0.4, -0.2) is 61.0 Å². The van der Waals surface area contributed by atoms with Gasteiger partial charge in [0.25, 0.3) is 5.91 Å². The smallest absolute Gasteiger partial charge is 0.274 e. The molecule has 2 amide bonds. The third kappa shape index (κ3) is 5.04. The van der Waals surface area contributed by atoms with E-state index in [1.54, 1.807) is 19.2 Å². The SMILES string of the molecule is CCN(CC)c1ccc(NC(=O)c2ccc(N3CCN(C(C)=O)CC3)cn2)cc1. The summed E-state index contributed by atoms with van der Waals surface area (Å²) in [5.41, 5.74) is 3.23. The Balaban J connectivity index is 1.58. The number of nitrogens with zero attached hydrogens (tertiary/aromatic N) is 4. The van der Waals surface area contributed by atoms with E-state index in [4.69, 9.17) is 0 Å². The Labute approximate surface area is 172 Å². The minimum Gasteiger partial charge on any atom is -0.372 e. The van der Waals surface area contributed by atoms with Crippen LogP contribution < -0.4 is 15.1 Å². The molecule has 1 N–H and O–H groups in total. The summed E-state index contributed by atoms with van der Waals surface area (Å²) in [6, 6.07) is 11.5. The van der Waals surface area contributed by atoms with E-state index in [0.29, 0.717) is 18.8 Å². The van der Waals surface area contributed by atoms with E-state index in [1.165, 1.54) is 0 Å². The molecule has 0 atom stereocenters. The zero-order chi connectivity index (χ0) is 20.8. The molecule has 1 aromatic heterocycles. The number of hydrogen-bond donors (Lipinski definition) is 1. The van der Waals surface area contributed by atoms with E-state index < -0.39 is 0 Å². The van der Waals surface area contributed by atoms with Crippen LogP contribution in [0.5, 0.6) is 0 Å². The number of piperazine rings is 1. The number of carbonyl (C=O) groups excluding carboxylic acids is 2. The van der Waals surface area contributed by atoms with Gasteiger partial charge in [0.1, 0.15) is 5.69 Å². The molecule has 2 aromatic rings. The van der Waals surface area contributed by atoms with E-state index in [2.05, 4.69) is 33.9 Å². The predicted octanol–water partition coefficient (Wildman–Crippen LogP) is 2.85. The summed E-state index contributed by atoms with van der Waals surface area (Å²) in [7, 11) is 0. The zero-order valence-corrected chi connectivity index (χ0v) is 17.4. The van der Waals surface area contributed by atoms with Crippen LogP contribution in [0.25, 0.3) is 0 Å². The number of benzene rings is 1. The summed E-state index contributed by atoms with van der Waals surface area (Å²) >= 11 is 0. The fraction of sp³-hybridized carbons (Fsp3) is 0.409. The number of amides is 2. The highest BCUT2D eigenvalue weighted by atomic mass is 16.2. The average Bonchev–Trinajstić information content (AvgIpc) is 2.76. The van der Waals surface area contributed by atoms with Gasteiger partial charge in [-0.1, -0.05) is 0 Å². The molecule has 0 spiro atoms. The maximum absolute atomic E-state index is 12.5. The van der Waals surface area contributed by atoms with Gasteiger partial charge in [-0.25, -0.2) is 4.98 Å². The lowest BCUT2D eigenvalue weighted by Gasteiger charge is -2.35. The van der Waals surface area contributed by atoms with E-state index in [-0.39, 0.29) is 11.8 Å². The van der Waals surface area contributed by atoms with E-state index in [1.807, 2.05) is 35.2 Å². The molecule has 1 aromatic carbocycles. The molecular formula is C22H29N5O2. The molecule has 0 unspecified atom stereocenters. The van der Waals surface area contributed by atoms with Crippen LogP contribution in [0.15, 0.2) is 42.6 Å². The van der Waals surface area contributed by atoms with E-state index in [0.717, 1.165) is 43.2 Å². The Morgan fingerprint density at radius 2 is 1.66 bits per heavy atom. The predicted molar refractivity (Wildman–Crippen MR) is 117 cm³/mol. The maximum Gasteiger partial charge on any atom is 0.274 e. The number of nitrogens with one attached hydrogen (secondary N) is 1. The summed E-state index contributed by atoms with van der Waals surface area (Å²) in [6.07, 6.45) is 1.72. The van der Waals surface area contributed by atoms with Crippen molar-refractivity contribution in [3.8, 4) is 0 Å². The first-order valence-corrected chi connectivity index (χ1v) is 10.1. The summed E-state index contributed by atoms with van der Waals surface area (Å²) in [4.78, 5) is 34.6. The largest absolute Gasteiger partial charge is 0.372 e. The first-order chi connectivity index (χ1) is 14.0. The van der Waals surface area contributed by atoms with Gasteiger partial charge in [-0.2, -0.15) is 0 Å². The second-order valence-corrected chi connectivity index (χ2v) is 7.07. The Kier molecular flexibility index (Phi) is 6.69. The fourth-order valence-corrected chi connectivity index (χ4v) is 3.53. The van der Waals surface area contributed by atoms with Crippen LogP contribution in [0.4, 0.5) is 17.1 Å². The van der Waals surface area contributed by atoms with Gasteiger partial charge < -0.3 is 20.0 Å². The Morgan fingerprint density at radius 3 is 2.17 bits per heavy atom. The van der Waals surface area contributed by atoms with Gasteiger partial charge in [0, 0.05) is 57.6 Å². The second-order valence-electron chi connectivity index (χ2n) is 7.07. The van der Waals surface area contributed by atoms with Crippen LogP contribution in [0.1, 0.15) is 31.3 Å². The lowest BCUT2D eigenvalue weighted by molar-refractivity contribution is -0.129. The molecule has 1 aliphatic rings. The molecule has 2 heterocycles. The van der Waals surface area contributed by atoms with Gasteiger partial charge >= 0.3 is 0 Å². The molecule has 1 fully saturated rings. The Hall–Kier alpha value is -3.09. The van der Waals surface area contributed by atoms with E-state index >= 15 is 0 Å². The number of aromatic nitrogens is 1. The van der Waals surface area contributed by atoms with Crippen LogP contribution in [0, 0.1) is 0 Å². The highest BCUT2D eigenvalue weighted by Gasteiger charge is 2.19. The highest BCUT2D eigenvalue weighted by molar-refractivity contribution is 6.03. The van der Waals surface area contributed by atoms with Crippen molar-refractivity contribution < 1.29 is 9.59 Å². The van der Waals surface area contributed by atoms with Crippen LogP contribution in [0.2, 0.25) is 0 Å². The highest BCUT2D eigenvalue weighted by Crippen LogP contribution is 2.19. The monoisotopic (exact) mass is 395 g/mol. The molecule has 7 heteroatoms. The van der Waals surface area contributed by atoms with Crippen LogP contribution in [0.3, 0.4) is 0 Å². The Bertz CT molecular complexity index is 823. The Morgan fingerprint density at radius 1 is 1.00 bits per heavy atom. The maximum atomic E-state index is 12.5. The molecule has 0 radical (unpaired) electrons. The third-order valence-electron chi connectivity index (χ3n) is 5.32. The number of pyridine rings is 1. The average molecular weight is 396 g/mol. The lowest BCUT2D eigenvalue weighted by atomic mass is 10.2. The molecule has 1 saturated heterocycles. The van der Waals surface area contributed by atoms with Gasteiger partial charge in [0.05, 0.1) is 11.9 Å². The van der Waals surface area contributed by atoms with E-state index in [9.17, 15) is 9.59 Å². The summed E-state index contributed by atoms with van der Waals surface area (Å²) < 4.78 is 0. The molecule has 154 valence electrons. The van der Waals surface area contributed by atoms with Crippen LogP contribution in [-0.2, 0) is 4.79 Å². The molecule has 1 aliphatic heterocycles. The molecule has 7 nitrogen and oxygen atoms in total. The summed E-state index contributed by atoms with van der Waals surface area (Å²) in [6.45, 7) is 10.7. The topological polar surface area (TPSA) is 68.8 Å². The van der Waals surface area contributed by atoms with Gasteiger partial charge in [-0.3, -0.25) is 9.59 Å². The van der Waals surface area contributed by atoms with Crippen LogP contribution >= 0.6 is 0 Å². The van der Waals surface area contributed by atoms with Gasteiger partial charge in [0.2, 0.25) is 5.91 Å². The van der Waals surface area contributed by atoms with Crippen molar-refractivity contribution in [2.45, 2.75) is 20.8 Å². The van der Waals surface area contributed by atoms with Crippen molar-refractivity contribution in [2.75, 3.05) is 54.4 Å². The first-order valence-electron chi connectivity index (χ1n) is 10.1. The minimum atomic E-state index is -0.228. The molecule has 3 rings (SSSR count). The number of hydrogen-bond acceptors (Lipinski definition) is 5. The summed E-state index contributed by atoms with van der Waals surface area (Å²) in [5.74, 6) is -0.117. The third-order valence-corrected chi connectivity index (χ3v) is 5.32. The molecule has 0 bridgehead atoms. The van der Waals surface area contributed by atoms with Gasteiger partial charge in [0.15, 0.2) is 0 Å². The minimum absolute atomic E-state index is 0.111. The molecule has 0 saturated carbocycles. The second kappa shape index (κ2) is 9.41. The number of carbonyl (C=O) groups is 2. The summed E-state index contributed by atoms with van der Waals surface area (Å²) in [5, 5.41) is 2.90. The first kappa shape index (κ1) is 20.6. The zero-order valence-electron chi connectivity index (χ0n) is 17.4. The number of anilines is 3. The molecule has 0 aliphatic carbocycles. The van der Waals surface area contributed by atoms with Crippen molar-refractivity contribution >= 4 is 28.9 Å². The standard InChI is InChI=1S/C22H29N5O2/c1-4-25(5-2)19-8-6-18(7-9-19)24-22(29)21-11-10-20(16-23-21)27-14-12-26(13-15-27)17(3)28/h6-11,16H,4-5,12-15H2,1-3H3,(H,24,29). The van der Waals surface area contributed by atoms with Crippen molar-refractivity contribution in [1.82, 2.24) is 9.88 Å². The van der Waals surface area contributed by atoms with Crippen molar-refractivity contribution in [1.29, 1.82) is 0 Å². The normalized spacial score (nSPS) is 13.9. The van der Waals surface area contributed by atoms with Gasteiger partial charge in [-0.15, -0.1) is 0 Å². The quantitative estimate of drug-likeness (QED) is 0.815. The van der Waals surface area contributed by atoms with Crippen molar-refractivity contribution in [2.24, 2.45) is 0 Å².